The summed E-state index contributed by atoms with van der Waals surface area (Å²) < 4.78 is 1.66. The van der Waals surface area contributed by atoms with E-state index >= 15 is 0 Å². The van der Waals surface area contributed by atoms with Crippen molar-refractivity contribution < 1.29 is 5.11 Å². The Bertz CT molecular complexity index is 339. The van der Waals surface area contributed by atoms with Gasteiger partial charge in [-0.3, -0.25) is 0 Å². The number of aliphatic hydroxyl groups is 1. The second kappa shape index (κ2) is 4.41. The number of rotatable bonds is 1. The van der Waals surface area contributed by atoms with E-state index in [0.717, 1.165) is 25.7 Å². The highest BCUT2D eigenvalue weighted by molar-refractivity contribution is 6.32. The highest BCUT2D eigenvalue weighted by Crippen LogP contribution is 2.31. The minimum Gasteiger partial charge on any atom is -0.391 e. The average Bonchev–Trinajstić information content (AvgIpc) is 2.43. The second-order valence-corrected chi connectivity index (χ2v) is 4.50. The Kier molecular flexibility index (Phi) is 3.17. The Morgan fingerprint density at radius 2 is 2.13 bits per heavy atom. The first-order valence-corrected chi connectivity index (χ1v) is 5.74. The number of halogens is 1. The molecule has 1 saturated carbocycles. The van der Waals surface area contributed by atoms with Crippen molar-refractivity contribution in [3.63, 3.8) is 0 Å². The second-order valence-electron chi connectivity index (χ2n) is 4.10. The van der Waals surface area contributed by atoms with Gasteiger partial charge in [0.2, 0.25) is 0 Å². The molecule has 4 nitrogen and oxygen atoms in total. The molecule has 1 aromatic heterocycles. The molecule has 1 aromatic rings. The molecule has 2 unspecified atom stereocenters. The molecule has 5 heteroatoms. The van der Waals surface area contributed by atoms with Crippen molar-refractivity contribution in [2.24, 2.45) is 0 Å². The van der Waals surface area contributed by atoms with E-state index in [9.17, 15) is 5.11 Å². The summed E-state index contributed by atoms with van der Waals surface area (Å²) in [6, 6.07) is -0.0139. The minimum atomic E-state index is -0.356. The number of nitrogens with zero attached hydrogens (tertiary/aromatic N) is 2. The zero-order valence-corrected chi connectivity index (χ0v) is 9.32. The molecule has 1 heterocycles. The molecule has 0 bridgehead atoms. The molecule has 0 saturated heterocycles. The van der Waals surface area contributed by atoms with Crippen LogP contribution in [0, 0.1) is 0 Å². The molecule has 0 spiro atoms. The highest BCUT2D eigenvalue weighted by atomic mass is 35.5. The van der Waals surface area contributed by atoms with Crippen molar-refractivity contribution in [1.29, 1.82) is 0 Å². The van der Waals surface area contributed by atoms with Crippen LogP contribution in [0.25, 0.3) is 0 Å². The van der Waals surface area contributed by atoms with Gasteiger partial charge < -0.3 is 10.8 Å². The number of hydrogen-bond donors (Lipinski definition) is 2. The van der Waals surface area contributed by atoms with E-state index < -0.39 is 0 Å². The van der Waals surface area contributed by atoms with Crippen LogP contribution in [0.2, 0.25) is 5.02 Å². The van der Waals surface area contributed by atoms with Crippen LogP contribution >= 0.6 is 11.6 Å². The molecule has 1 aliphatic rings. The zero-order chi connectivity index (χ0) is 10.8. The quantitative estimate of drug-likeness (QED) is 0.724. The van der Waals surface area contributed by atoms with Crippen molar-refractivity contribution in [1.82, 2.24) is 9.78 Å². The first-order chi connectivity index (χ1) is 7.20. The molecular weight excluding hydrogens is 214 g/mol. The lowest BCUT2D eigenvalue weighted by Gasteiger charge is -2.21. The molecule has 3 N–H and O–H groups in total. The predicted octanol–water partition coefficient (Wildman–Crippen LogP) is 1.98. The van der Waals surface area contributed by atoms with Crippen molar-refractivity contribution in [2.75, 3.05) is 5.73 Å². The Hall–Kier alpha value is -0.740. The Balaban J connectivity index is 2.24. The van der Waals surface area contributed by atoms with Crippen molar-refractivity contribution in [3.8, 4) is 0 Å². The van der Waals surface area contributed by atoms with Gasteiger partial charge >= 0.3 is 0 Å². The maximum absolute atomic E-state index is 9.98. The zero-order valence-electron chi connectivity index (χ0n) is 8.56. The molecule has 1 fully saturated rings. The third kappa shape index (κ3) is 2.11. The SMILES string of the molecule is Nc1c(Cl)cnn1C1CCCCCC1O. The lowest BCUT2D eigenvalue weighted by molar-refractivity contribution is 0.100. The van der Waals surface area contributed by atoms with Gasteiger partial charge in [0.25, 0.3) is 0 Å². The molecular formula is C10H16ClN3O. The summed E-state index contributed by atoms with van der Waals surface area (Å²) in [7, 11) is 0. The smallest absolute Gasteiger partial charge is 0.141 e. The standard InChI is InChI=1S/C10H16ClN3O/c11-7-6-13-14(10(7)12)8-4-2-1-3-5-9(8)15/h6,8-9,15H,1-5,12H2. The van der Waals surface area contributed by atoms with Gasteiger partial charge in [0.15, 0.2) is 0 Å². The van der Waals surface area contributed by atoms with Gasteiger partial charge in [-0.05, 0) is 12.8 Å². The monoisotopic (exact) mass is 229 g/mol. The van der Waals surface area contributed by atoms with Crippen LogP contribution in [0.5, 0.6) is 0 Å². The van der Waals surface area contributed by atoms with Gasteiger partial charge in [0, 0.05) is 0 Å². The van der Waals surface area contributed by atoms with Crippen LogP contribution in [-0.4, -0.2) is 21.0 Å². The molecule has 2 rings (SSSR count). The summed E-state index contributed by atoms with van der Waals surface area (Å²) >= 11 is 5.85. The molecule has 15 heavy (non-hydrogen) atoms. The summed E-state index contributed by atoms with van der Waals surface area (Å²) in [4.78, 5) is 0. The van der Waals surface area contributed by atoms with Crippen LogP contribution in [0.1, 0.15) is 38.1 Å². The Morgan fingerprint density at radius 3 is 2.80 bits per heavy atom. The van der Waals surface area contributed by atoms with Crippen molar-refractivity contribution in [2.45, 2.75) is 44.2 Å². The summed E-state index contributed by atoms with van der Waals surface area (Å²) in [6.45, 7) is 0. The van der Waals surface area contributed by atoms with Crippen molar-refractivity contribution in [3.05, 3.63) is 11.2 Å². The molecule has 2 atom stereocenters. The van der Waals surface area contributed by atoms with E-state index in [1.165, 1.54) is 12.6 Å². The van der Waals surface area contributed by atoms with Crippen LogP contribution in [-0.2, 0) is 0 Å². The average molecular weight is 230 g/mol. The first kappa shape index (κ1) is 10.8. The molecule has 84 valence electrons. The van der Waals surface area contributed by atoms with Gasteiger partial charge in [0.1, 0.15) is 10.8 Å². The fraction of sp³-hybridized carbons (Fsp3) is 0.700. The predicted molar refractivity (Wildman–Crippen MR) is 59.8 cm³/mol. The number of nitrogens with two attached hydrogens (primary N) is 1. The molecule has 0 radical (unpaired) electrons. The lowest BCUT2D eigenvalue weighted by atomic mass is 10.1. The van der Waals surface area contributed by atoms with Gasteiger partial charge in [-0.1, -0.05) is 30.9 Å². The Morgan fingerprint density at radius 1 is 1.40 bits per heavy atom. The molecule has 0 aliphatic heterocycles. The lowest BCUT2D eigenvalue weighted by Crippen LogP contribution is -2.25. The summed E-state index contributed by atoms with van der Waals surface area (Å²) in [5.41, 5.74) is 5.80. The minimum absolute atomic E-state index is 0.0139. The van der Waals surface area contributed by atoms with Crippen LogP contribution in [0.4, 0.5) is 5.82 Å². The third-order valence-electron chi connectivity index (χ3n) is 3.05. The van der Waals surface area contributed by atoms with E-state index in [-0.39, 0.29) is 12.1 Å². The first-order valence-electron chi connectivity index (χ1n) is 5.36. The molecule has 1 aliphatic carbocycles. The summed E-state index contributed by atoms with van der Waals surface area (Å²) in [5, 5.41) is 14.6. The number of hydrogen-bond acceptors (Lipinski definition) is 3. The van der Waals surface area contributed by atoms with E-state index in [2.05, 4.69) is 5.10 Å². The van der Waals surface area contributed by atoms with Crippen LogP contribution < -0.4 is 5.73 Å². The van der Waals surface area contributed by atoms with E-state index in [1.54, 1.807) is 4.68 Å². The van der Waals surface area contributed by atoms with Crippen LogP contribution in [0.15, 0.2) is 6.20 Å². The third-order valence-corrected chi connectivity index (χ3v) is 3.34. The summed E-state index contributed by atoms with van der Waals surface area (Å²) in [6.07, 6.45) is 6.28. The largest absolute Gasteiger partial charge is 0.391 e. The van der Waals surface area contributed by atoms with E-state index in [1.807, 2.05) is 0 Å². The Labute approximate surface area is 94.0 Å². The number of nitrogen functional groups attached to an aromatic ring is 1. The fourth-order valence-electron chi connectivity index (χ4n) is 2.17. The van der Waals surface area contributed by atoms with Crippen molar-refractivity contribution >= 4 is 17.4 Å². The van der Waals surface area contributed by atoms with E-state index in [0.29, 0.717) is 10.8 Å². The number of aliphatic hydroxyl groups excluding tert-OH is 1. The fourth-order valence-corrected chi connectivity index (χ4v) is 2.30. The van der Waals surface area contributed by atoms with Gasteiger partial charge in [-0.25, -0.2) is 4.68 Å². The topological polar surface area (TPSA) is 64.1 Å². The maximum Gasteiger partial charge on any atom is 0.141 e. The maximum atomic E-state index is 9.98. The van der Waals surface area contributed by atoms with Crippen LogP contribution in [0.3, 0.4) is 0 Å². The van der Waals surface area contributed by atoms with Gasteiger partial charge in [0.05, 0.1) is 18.3 Å². The number of aromatic nitrogens is 2. The van der Waals surface area contributed by atoms with E-state index in [4.69, 9.17) is 17.3 Å². The number of anilines is 1. The summed E-state index contributed by atoms with van der Waals surface area (Å²) in [5.74, 6) is 0.461. The molecule has 0 amide bonds. The highest BCUT2D eigenvalue weighted by Gasteiger charge is 2.25. The molecule has 0 aromatic carbocycles. The van der Waals surface area contributed by atoms with Gasteiger partial charge in [-0.15, -0.1) is 0 Å². The van der Waals surface area contributed by atoms with Gasteiger partial charge in [-0.2, -0.15) is 5.10 Å². The normalized spacial score (nSPS) is 27.6.